The molecule has 2 heterocycles. The molecular formula is C15H18FN3O3. The Labute approximate surface area is 127 Å². The number of aryl methyl sites for hydroxylation is 1. The molecule has 0 atom stereocenters. The van der Waals surface area contributed by atoms with Crippen molar-refractivity contribution in [1.29, 1.82) is 0 Å². The SMILES string of the molecule is Cc1nc2ccc(F)cn2c1C(=O)NCCCCCC(=O)O. The number of unbranched alkanes of at least 4 members (excludes halogenated alkanes) is 2. The summed E-state index contributed by atoms with van der Waals surface area (Å²) in [4.78, 5) is 26.8. The number of rotatable bonds is 7. The Bertz CT molecular complexity index is 697. The van der Waals surface area contributed by atoms with E-state index in [1.807, 2.05) is 0 Å². The summed E-state index contributed by atoms with van der Waals surface area (Å²) in [5.74, 6) is -1.56. The van der Waals surface area contributed by atoms with E-state index >= 15 is 0 Å². The molecule has 2 N–H and O–H groups in total. The van der Waals surface area contributed by atoms with Crippen molar-refractivity contribution in [1.82, 2.24) is 14.7 Å². The summed E-state index contributed by atoms with van der Waals surface area (Å²) in [6.07, 6.45) is 3.39. The minimum absolute atomic E-state index is 0.138. The predicted octanol–water partition coefficient (Wildman–Crippen LogP) is 2.16. The van der Waals surface area contributed by atoms with Crippen molar-refractivity contribution in [2.24, 2.45) is 0 Å². The van der Waals surface area contributed by atoms with Gasteiger partial charge < -0.3 is 10.4 Å². The van der Waals surface area contributed by atoms with E-state index in [2.05, 4.69) is 10.3 Å². The molecule has 0 unspecified atom stereocenters. The summed E-state index contributed by atoms with van der Waals surface area (Å²) >= 11 is 0. The highest BCUT2D eigenvalue weighted by Crippen LogP contribution is 2.13. The van der Waals surface area contributed by atoms with E-state index in [-0.39, 0.29) is 12.3 Å². The maximum Gasteiger partial charge on any atom is 0.303 e. The summed E-state index contributed by atoms with van der Waals surface area (Å²) in [5.41, 5.74) is 1.37. The normalized spacial score (nSPS) is 10.8. The van der Waals surface area contributed by atoms with Gasteiger partial charge in [-0.3, -0.25) is 14.0 Å². The van der Waals surface area contributed by atoms with Crippen LogP contribution in [-0.2, 0) is 4.79 Å². The zero-order valence-electron chi connectivity index (χ0n) is 12.3. The number of imidazole rings is 1. The number of nitrogens with zero attached hydrogens (tertiary/aromatic N) is 2. The van der Waals surface area contributed by atoms with Crippen molar-refractivity contribution < 1.29 is 19.1 Å². The van der Waals surface area contributed by atoms with E-state index in [1.165, 1.54) is 22.7 Å². The smallest absolute Gasteiger partial charge is 0.303 e. The number of nitrogens with one attached hydrogen (secondary N) is 1. The number of amides is 1. The van der Waals surface area contributed by atoms with E-state index in [0.29, 0.717) is 36.4 Å². The lowest BCUT2D eigenvalue weighted by Gasteiger charge is -2.06. The van der Waals surface area contributed by atoms with Gasteiger partial charge in [0.05, 0.1) is 5.69 Å². The molecule has 0 fully saturated rings. The van der Waals surface area contributed by atoms with Crippen molar-refractivity contribution >= 4 is 17.5 Å². The van der Waals surface area contributed by atoms with E-state index < -0.39 is 11.8 Å². The van der Waals surface area contributed by atoms with Crippen LogP contribution in [-0.4, -0.2) is 32.9 Å². The van der Waals surface area contributed by atoms with Gasteiger partial charge in [-0.1, -0.05) is 6.42 Å². The second-order valence-electron chi connectivity index (χ2n) is 5.08. The van der Waals surface area contributed by atoms with Crippen LogP contribution in [0.15, 0.2) is 18.3 Å². The molecular weight excluding hydrogens is 289 g/mol. The highest BCUT2D eigenvalue weighted by Gasteiger charge is 2.16. The van der Waals surface area contributed by atoms with Crippen molar-refractivity contribution in [3.63, 3.8) is 0 Å². The Morgan fingerprint density at radius 3 is 2.82 bits per heavy atom. The van der Waals surface area contributed by atoms with Gasteiger partial charge in [-0.2, -0.15) is 0 Å². The van der Waals surface area contributed by atoms with Gasteiger partial charge in [0.15, 0.2) is 0 Å². The molecule has 6 nitrogen and oxygen atoms in total. The number of pyridine rings is 1. The van der Waals surface area contributed by atoms with Crippen LogP contribution in [0.5, 0.6) is 0 Å². The Hall–Kier alpha value is -2.44. The molecule has 22 heavy (non-hydrogen) atoms. The van der Waals surface area contributed by atoms with E-state index in [9.17, 15) is 14.0 Å². The van der Waals surface area contributed by atoms with E-state index in [4.69, 9.17) is 5.11 Å². The lowest BCUT2D eigenvalue weighted by atomic mass is 10.2. The van der Waals surface area contributed by atoms with Gasteiger partial charge in [0.2, 0.25) is 0 Å². The number of carboxylic acid groups (broad SMARTS) is 1. The standard InChI is InChI=1S/C15H18FN3O3/c1-10-14(19-9-11(16)6-7-12(19)18-10)15(22)17-8-4-2-3-5-13(20)21/h6-7,9H,2-5,8H2,1H3,(H,17,22)(H,20,21). The van der Waals surface area contributed by atoms with Gasteiger partial charge in [-0.15, -0.1) is 0 Å². The van der Waals surface area contributed by atoms with Crippen molar-refractivity contribution in [2.75, 3.05) is 6.54 Å². The fraction of sp³-hybridized carbons (Fsp3) is 0.400. The van der Waals surface area contributed by atoms with E-state index in [0.717, 1.165) is 6.42 Å². The maximum absolute atomic E-state index is 13.3. The third-order valence-electron chi connectivity index (χ3n) is 3.32. The third kappa shape index (κ3) is 3.81. The topological polar surface area (TPSA) is 83.7 Å². The summed E-state index contributed by atoms with van der Waals surface area (Å²) in [5, 5.41) is 11.3. The first kappa shape index (κ1) is 15.9. The molecule has 0 bridgehead atoms. The molecule has 2 aromatic heterocycles. The molecule has 7 heteroatoms. The van der Waals surface area contributed by atoms with Gasteiger partial charge in [0, 0.05) is 19.2 Å². The van der Waals surface area contributed by atoms with Gasteiger partial charge in [-0.25, -0.2) is 9.37 Å². The van der Waals surface area contributed by atoms with Crippen LogP contribution in [0.3, 0.4) is 0 Å². The number of aromatic nitrogens is 2. The molecule has 1 amide bonds. The van der Waals surface area contributed by atoms with Crippen LogP contribution < -0.4 is 5.32 Å². The average Bonchev–Trinajstić information content (AvgIpc) is 2.77. The van der Waals surface area contributed by atoms with Gasteiger partial charge in [0.1, 0.15) is 17.2 Å². The fourth-order valence-electron chi connectivity index (χ4n) is 2.27. The highest BCUT2D eigenvalue weighted by molar-refractivity contribution is 5.94. The van der Waals surface area contributed by atoms with Crippen LogP contribution in [0.4, 0.5) is 4.39 Å². The monoisotopic (exact) mass is 307 g/mol. The third-order valence-corrected chi connectivity index (χ3v) is 3.32. The maximum atomic E-state index is 13.3. The quantitative estimate of drug-likeness (QED) is 0.768. The molecule has 0 saturated heterocycles. The van der Waals surface area contributed by atoms with Crippen LogP contribution in [0, 0.1) is 12.7 Å². The van der Waals surface area contributed by atoms with Gasteiger partial charge in [-0.05, 0) is 31.9 Å². The first-order chi connectivity index (χ1) is 10.5. The Kier molecular flexibility index (Phi) is 5.08. The molecule has 0 aliphatic carbocycles. The second-order valence-corrected chi connectivity index (χ2v) is 5.08. The summed E-state index contributed by atoms with van der Waals surface area (Å²) < 4.78 is 14.8. The number of fused-ring (bicyclic) bond motifs is 1. The van der Waals surface area contributed by atoms with Gasteiger partial charge in [0.25, 0.3) is 5.91 Å². The largest absolute Gasteiger partial charge is 0.481 e. The Morgan fingerprint density at radius 2 is 2.09 bits per heavy atom. The number of aliphatic carboxylic acids is 1. The van der Waals surface area contributed by atoms with Crippen LogP contribution >= 0.6 is 0 Å². The number of carbonyl (C=O) groups excluding carboxylic acids is 1. The molecule has 0 aromatic carbocycles. The number of carbonyl (C=O) groups is 2. The number of hydrogen-bond acceptors (Lipinski definition) is 3. The molecule has 0 spiro atoms. The molecule has 0 aliphatic heterocycles. The van der Waals surface area contributed by atoms with Crippen molar-refractivity contribution in [3.8, 4) is 0 Å². The second kappa shape index (κ2) is 7.02. The van der Waals surface area contributed by atoms with E-state index in [1.54, 1.807) is 6.92 Å². The van der Waals surface area contributed by atoms with Crippen molar-refractivity contribution in [2.45, 2.75) is 32.6 Å². The number of halogens is 1. The Morgan fingerprint density at radius 1 is 1.32 bits per heavy atom. The first-order valence-electron chi connectivity index (χ1n) is 7.13. The summed E-state index contributed by atoms with van der Waals surface area (Å²) in [7, 11) is 0. The predicted molar refractivity (Wildman–Crippen MR) is 78.3 cm³/mol. The first-order valence-corrected chi connectivity index (χ1v) is 7.13. The zero-order valence-corrected chi connectivity index (χ0v) is 12.3. The molecule has 0 aliphatic rings. The zero-order chi connectivity index (χ0) is 16.1. The van der Waals surface area contributed by atoms with Gasteiger partial charge >= 0.3 is 5.97 Å². The average molecular weight is 307 g/mol. The minimum atomic E-state index is -0.813. The van der Waals surface area contributed by atoms with Crippen LogP contribution in [0.25, 0.3) is 5.65 Å². The highest BCUT2D eigenvalue weighted by atomic mass is 19.1. The summed E-state index contributed by atoms with van der Waals surface area (Å²) in [6, 6.07) is 2.82. The van der Waals surface area contributed by atoms with Crippen LogP contribution in [0.1, 0.15) is 41.9 Å². The number of hydrogen-bond donors (Lipinski definition) is 2. The summed E-state index contributed by atoms with van der Waals surface area (Å²) in [6.45, 7) is 2.15. The lowest BCUT2D eigenvalue weighted by molar-refractivity contribution is -0.137. The van der Waals surface area contributed by atoms with Crippen molar-refractivity contribution in [3.05, 3.63) is 35.5 Å². The fourth-order valence-corrected chi connectivity index (χ4v) is 2.27. The number of carboxylic acids is 1. The molecule has 0 saturated carbocycles. The molecule has 118 valence electrons. The molecule has 2 aromatic rings. The molecule has 2 rings (SSSR count). The lowest BCUT2D eigenvalue weighted by Crippen LogP contribution is -2.26. The minimum Gasteiger partial charge on any atom is -0.481 e. The Balaban J connectivity index is 1.94. The molecule has 0 radical (unpaired) electrons. The van der Waals surface area contributed by atoms with Crippen LogP contribution in [0.2, 0.25) is 0 Å².